The van der Waals surface area contributed by atoms with E-state index in [4.69, 9.17) is 11.6 Å². The van der Waals surface area contributed by atoms with Gasteiger partial charge in [0, 0.05) is 13.1 Å². The van der Waals surface area contributed by atoms with Gasteiger partial charge >= 0.3 is 0 Å². The summed E-state index contributed by atoms with van der Waals surface area (Å²) in [5.41, 5.74) is 1.22. The van der Waals surface area contributed by atoms with Crippen LogP contribution in [0.4, 0.5) is 0 Å². The fourth-order valence-corrected chi connectivity index (χ4v) is 1.88. The monoisotopic (exact) mass is 257 g/mol. The molecule has 4 heteroatoms. The lowest BCUT2D eigenvalue weighted by molar-refractivity contribution is 0.270. The zero-order chi connectivity index (χ0) is 13.1. The van der Waals surface area contributed by atoms with Crippen molar-refractivity contribution in [2.24, 2.45) is 11.3 Å². The van der Waals surface area contributed by atoms with Crippen LogP contribution >= 0.6 is 11.6 Å². The van der Waals surface area contributed by atoms with E-state index in [-0.39, 0.29) is 5.41 Å². The van der Waals surface area contributed by atoms with Crippen LogP contribution in [0.2, 0.25) is 5.02 Å². The van der Waals surface area contributed by atoms with Crippen molar-refractivity contribution in [2.75, 3.05) is 13.1 Å². The highest BCUT2D eigenvalue weighted by Crippen LogP contribution is 2.20. The first-order valence-electron chi connectivity index (χ1n) is 6.20. The first-order valence-corrected chi connectivity index (χ1v) is 6.58. The Hall–Kier alpha value is -0.540. The highest BCUT2D eigenvalue weighted by atomic mass is 35.5. The summed E-state index contributed by atoms with van der Waals surface area (Å²) < 4.78 is 1.99. The van der Waals surface area contributed by atoms with Crippen molar-refractivity contribution in [2.45, 2.75) is 41.2 Å². The lowest BCUT2D eigenvalue weighted by Gasteiger charge is -2.26. The molecule has 17 heavy (non-hydrogen) atoms. The van der Waals surface area contributed by atoms with Gasteiger partial charge in [0.05, 0.1) is 16.9 Å². The number of aromatic nitrogens is 2. The molecule has 0 aromatic carbocycles. The predicted octanol–water partition coefficient (Wildman–Crippen LogP) is 3.12. The van der Waals surface area contributed by atoms with Gasteiger partial charge in [0.15, 0.2) is 0 Å². The van der Waals surface area contributed by atoms with Gasteiger partial charge in [-0.05, 0) is 24.8 Å². The number of hydrogen-bond donors (Lipinski definition) is 1. The van der Waals surface area contributed by atoms with Gasteiger partial charge in [-0.15, -0.1) is 0 Å². The Kier molecular flexibility index (Phi) is 5.02. The Labute approximate surface area is 110 Å². The summed E-state index contributed by atoms with van der Waals surface area (Å²) in [5.74, 6) is 0.687. The molecule has 0 bridgehead atoms. The quantitative estimate of drug-likeness (QED) is 0.849. The third-order valence-corrected chi connectivity index (χ3v) is 3.15. The van der Waals surface area contributed by atoms with Gasteiger partial charge in [0.25, 0.3) is 0 Å². The maximum Gasteiger partial charge on any atom is 0.0814 e. The van der Waals surface area contributed by atoms with Crippen LogP contribution in [0, 0.1) is 18.3 Å². The molecule has 0 amide bonds. The van der Waals surface area contributed by atoms with Crippen molar-refractivity contribution in [3.05, 3.63) is 16.9 Å². The molecule has 0 unspecified atom stereocenters. The molecule has 1 aromatic rings. The molecule has 1 heterocycles. The lowest BCUT2D eigenvalue weighted by Crippen LogP contribution is -2.35. The molecule has 0 saturated heterocycles. The van der Waals surface area contributed by atoms with Crippen molar-refractivity contribution >= 4 is 11.6 Å². The highest BCUT2D eigenvalue weighted by Gasteiger charge is 2.20. The average molecular weight is 258 g/mol. The third kappa shape index (κ3) is 4.68. The normalized spacial score (nSPS) is 12.4. The molecule has 0 aliphatic rings. The largest absolute Gasteiger partial charge is 0.316 e. The van der Waals surface area contributed by atoms with Crippen LogP contribution in [0.15, 0.2) is 6.20 Å². The molecule has 0 fully saturated rings. The maximum atomic E-state index is 6.01. The van der Waals surface area contributed by atoms with Crippen molar-refractivity contribution in [3.8, 4) is 0 Å². The minimum atomic E-state index is 0.176. The Morgan fingerprint density at radius 3 is 2.59 bits per heavy atom. The zero-order valence-electron chi connectivity index (χ0n) is 11.5. The number of halogens is 1. The van der Waals surface area contributed by atoms with E-state index < -0.39 is 0 Å². The third-order valence-electron chi connectivity index (χ3n) is 2.78. The Morgan fingerprint density at radius 2 is 2.12 bits per heavy atom. The molecule has 0 aliphatic carbocycles. The topological polar surface area (TPSA) is 29.9 Å². The summed E-state index contributed by atoms with van der Waals surface area (Å²) in [7, 11) is 0. The van der Waals surface area contributed by atoms with Crippen LogP contribution in [-0.2, 0) is 6.54 Å². The number of nitrogens with zero attached hydrogens (tertiary/aromatic N) is 2. The van der Waals surface area contributed by atoms with E-state index >= 15 is 0 Å². The number of rotatable bonds is 6. The van der Waals surface area contributed by atoms with E-state index in [1.807, 2.05) is 11.6 Å². The average Bonchev–Trinajstić information content (AvgIpc) is 2.48. The Bertz CT molecular complexity index is 356. The van der Waals surface area contributed by atoms with Gasteiger partial charge < -0.3 is 5.32 Å². The second-order valence-corrected chi connectivity index (χ2v) is 6.33. The van der Waals surface area contributed by atoms with Crippen molar-refractivity contribution < 1.29 is 0 Å². The lowest BCUT2D eigenvalue weighted by atomic mass is 9.93. The van der Waals surface area contributed by atoms with E-state index in [1.54, 1.807) is 6.20 Å². The summed E-state index contributed by atoms with van der Waals surface area (Å²) in [4.78, 5) is 0. The Morgan fingerprint density at radius 1 is 1.47 bits per heavy atom. The molecular weight excluding hydrogens is 234 g/mol. The minimum Gasteiger partial charge on any atom is -0.316 e. The predicted molar refractivity (Wildman–Crippen MR) is 73.5 cm³/mol. The van der Waals surface area contributed by atoms with Gasteiger partial charge in [-0.1, -0.05) is 39.3 Å². The smallest absolute Gasteiger partial charge is 0.0814 e. The molecule has 1 aromatic heterocycles. The maximum absolute atomic E-state index is 6.01. The Balaban J connectivity index is 2.51. The fraction of sp³-hybridized carbons (Fsp3) is 0.769. The van der Waals surface area contributed by atoms with Crippen LogP contribution < -0.4 is 5.32 Å². The standard InChI is InChI=1S/C13H24ClN3/c1-10(2)6-15-8-13(4,5)9-17-11(3)12(14)7-16-17/h7,10,15H,6,8-9H2,1-5H3. The van der Waals surface area contributed by atoms with Gasteiger partial charge in [-0.25, -0.2) is 0 Å². The van der Waals surface area contributed by atoms with E-state index in [1.165, 1.54) is 0 Å². The van der Waals surface area contributed by atoms with E-state index in [2.05, 4.69) is 38.1 Å². The van der Waals surface area contributed by atoms with E-state index in [0.717, 1.165) is 30.4 Å². The second-order valence-electron chi connectivity index (χ2n) is 5.92. The fourth-order valence-electron chi connectivity index (χ4n) is 1.74. The van der Waals surface area contributed by atoms with Gasteiger partial charge in [-0.3, -0.25) is 4.68 Å². The minimum absolute atomic E-state index is 0.176. The molecule has 1 rings (SSSR count). The molecule has 0 radical (unpaired) electrons. The van der Waals surface area contributed by atoms with Crippen LogP contribution in [0.5, 0.6) is 0 Å². The molecule has 0 atom stereocenters. The molecule has 1 N–H and O–H groups in total. The molecule has 0 spiro atoms. The first kappa shape index (κ1) is 14.5. The van der Waals surface area contributed by atoms with Crippen LogP contribution in [0.3, 0.4) is 0 Å². The first-order chi connectivity index (χ1) is 7.82. The van der Waals surface area contributed by atoms with Crippen molar-refractivity contribution in [1.82, 2.24) is 15.1 Å². The van der Waals surface area contributed by atoms with Gasteiger partial charge in [-0.2, -0.15) is 5.10 Å². The summed E-state index contributed by atoms with van der Waals surface area (Å²) in [5, 5.41) is 8.54. The molecular formula is C13H24ClN3. The number of nitrogens with one attached hydrogen (secondary N) is 1. The zero-order valence-corrected chi connectivity index (χ0v) is 12.3. The van der Waals surface area contributed by atoms with Crippen LogP contribution in [0.1, 0.15) is 33.4 Å². The highest BCUT2D eigenvalue weighted by molar-refractivity contribution is 6.31. The molecule has 0 saturated carbocycles. The summed E-state index contributed by atoms with van der Waals surface area (Å²) in [6, 6.07) is 0. The van der Waals surface area contributed by atoms with E-state index in [0.29, 0.717) is 5.92 Å². The van der Waals surface area contributed by atoms with Gasteiger partial charge in [0.1, 0.15) is 0 Å². The molecule has 0 aliphatic heterocycles. The molecule has 3 nitrogen and oxygen atoms in total. The van der Waals surface area contributed by atoms with Crippen LogP contribution in [-0.4, -0.2) is 22.9 Å². The van der Waals surface area contributed by atoms with Gasteiger partial charge in [0.2, 0.25) is 0 Å². The van der Waals surface area contributed by atoms with Crippen molar-refractivity contribution in [3.63, 3.8) is 0 Å². The number of hydrogen-bond acceptors (Lipinski definition) is 2. The summed E-state index contributed by atoms with van der Waals surface area (Å²) >= 11 is 6.01. The SMILES string of the molecule is Cc1c(Cl)cnn1CC(C)(C)CNCC(C)C. The second kappa shape index (κ2) is 5.87. The summed E-state index contributed by atoms with van der Waals surface area (Å²) in [6.07, 6.45) is 1.72. The van der Waals surface area contributed by atoms with E-state index in [9.17, 15) is 0 Å². The summed E-state index contributed by atoms with van der Waals surface area (Å²) in [6.45, 7) is 13.9. The van der Waals surface area contributed by atoms with Crippen LogP contribution in [0.25, 0.3) is 0 Å². The molecule has 98 valence electrons. The van der Waals surface area contributed by atoms with Crippen molar-refractivity contribution in [1.29, 1.82) is 0 Å².